The number of carbonyl (C=O) groups is 1. The van der Waals surface area contributed by atoms with Crippen molar-refractivity contribution in [1.29, 1.82) is 5.26 Å². The molecule has 204 valence electrons. The number of hydrogen-bond acceptors (Lipinski definition) is 7. The zero-order valence-electron chi connectivity index (χ0n) is 21.7. The van der Waals surface area contributed by atoms with Gasteiger partial charge in [0.1, 0.15) is 6.04 Å². The quantitative estimate of drug-likeness (QED) is 0.276. The van der Waals surface area contributed by atoms with Crippen LogP contribution in [-0.4, -0.2) is 38.8 Å². The molecule has 2 atom stereocenters. The van der Waals surface area contributed by atoms with Crippen LogP contribution in [0.2, 0.25) is 0 Å². The lowest BCUT2D eigenvalue weighted by atomic mass is 9.94. The zero-order chi connectivity index (χ0) is 28.5. The van der Waals surface area contributed by atoms with Gasteiger partial charge in [0, 0.05) is 17.7 Å². The molecule has 1 amide bonds. The number of thiol groups is 1. The highest BCUT2D eigenvalue weighted by atomic mass is 32.1. The third-order valence-electron chi connectivity index (χ3n) is 7.03. The molecule has 40 heavy (non-hydrogen) atoms. The predicted molar refractivity (Wildman–Crippen MR) is 150 cm³/mol. The van der Waals surface area contributed by atoms with Gasteiger partial charge in [-0.3, -0.25) is 4.79 Å². The molecule has 0 saturated carbocycles. The molecule has 1 fully saturated rings. The molecule has 5 rings (SSSR count). The van der Waals surface area contributed by atoms with Gasteiger partial charge in [0.2, 0.25) is 11.8 Å². The molecule has 2 heterocycles. The first-order valence-electron chi connectivity index (χ1n) is 12.8. The van der Waals surface area contributed by atoms with E-state index in [0.717, 1.165) is 10.5 Å². The van der Waals surface area contributed by atoms with Gasteiger partial charge in [0.15, 0.2) is 0 Å². The Labute approximate surface area is 236 Å². The molecule has 1 aliphatic rings. The lowest BCUT2D eigenvalue weighted by Crippen LogP contribution is -2.44. The van der Waals surface area contributed by atoms with Crippen LogP contribution in [0, 0.1) is 11.3 Å². The molecule has 1 saturated heterocycles. The Balaban J connectivity index is 1.57. The van der Waals surface area contributed by atoms with Crippen LogP contribution < -0.4 is 5.73 Å². The number of nitrogens with zero attached hydrogens (tertiary/aromatic N) is 4. The van der Waals surface area contributed by atoms with Gasteiger partial charge in [-0.05, 0) is 67.1 Å². The first kappa shape index (κ1) is 27.5. The minimum absolute atomic E-state index is 0.113. The molecule has 7 nitrogen and oxygen atoms in total. The highest BCUT2D eigenvalue weighted by Crippen LogP contribution is 2.37. The Morgan fingerprint density at radius 2 is 1.82 bits per heavy atom. The number of likely N-dealkylation sites (tertiary alicyclic amines) is 1. The maximum Gasteiger partial charge on any atom is 0.311 e. The lowest BCUT2D eigenvalue weighted by molar-refractivity contribution is 0.0156. The summed E-state index contributed by atoms with van der Waals surface area (Å²) in [6.07, 6.45) is 1.04. The SMILES string of the molecule is CC(N)(Cc1ccccc1)c1nnc(-c2cc(C(=O)N3CCCC3C(F)(F)S)cc(-c3ccccc3C#N)c2)o1. The molecule has 4 aromatic rings. The van der Waals surface area contributed by atoms with Crippen molar-refractivity contribution in [3.63, 3.8) is 0 Å². The van der Waals surface area contributed by atoms with Crippen LogP contribution >= 0.6 is 12.6 Å². The van der Waals surface area contributed by atoms with E-state index in [1.165, 1.54) is 6.07 Å². The number of hydrogen-bond donors (Lipinski definition) is 2. The maximum absolute atomic E-state index is 14.2. The largest absolute Gasteiger partial charge is 0.419 e. The molecule has 2 N–H and O–H groups in total. The van der Waals surface area contributed by atoms with Gasteiger partial charge in [-0.1, -0.05) is 48.5 Å². The molecule has 3 aromatic carbocycles. The van der Waals surface area contributed by atoms with Crippen LogP contribution in [0.5, 0.6) is 0 Å². The van der Waals surface area contributed by atoms with Crippen LogP contribution in [0.25, 0.3) is 22.6 Å². The summed E-state index contributed by atoms with van der Waals surface area (Å²) in [6.45, 7) is 1.97. The van der Waals surface area contributed by atoms with Crippen molar-refractivity contribution in [2.24, 2.45) is 5.73 Å². The number of rotatable bonds is 7. The van der Waals surface area contributed by atoms with E-state index >= 15 is 0 Å². The molecule has 0 spiro atoms. The van der Waals surface area contributed by atoms with Crippen LogP contribution in [0.3, 0.4) is 0 Å². The van der Waals surface area contributed by atoms with Gasteiger partial charge >= 0.3 is 5.25 Å². The summed E-state index contributed by atoms with van der Waals surface area (Å²) in [7, 11) is 0. The van der Waals surface area contributed by atoms with E-state index < -0.39 is 22.7 Å². The third kappa shape index (κ3) is 5.62. The minimum atomic E-state index is -3.34. The number of alkyl halides is 2. The fourth-order valence-corrected chi connectivity index (χ4v) is 5.33. The number of amides is 1. The molecule has 1 aliphatic heterocycles. The summed E-state index contributed by atoms with van der Waals surface area (Å²) >= 11 is 3.45. The first-order valence-corrected chi connectivity index (χ1v) is 13.2. The molecule has 2 unspecified atom stereocenters. The number of nitriles is 1. The molecule has 0 radical (unpaired) electrons. The Morgan fingerprint density at radius 3 is 2.55 bits per heavy atom. The summed E-state index contributed by atoms with van der Waals surface area (Å²) in [4.78, 5) is 14.8. The highest BCUT2D eigenvalue weighted by Gasteiger charge is 2.45. The molecule has 0 bridgehead atoms. The average Bonchev–Trinajstić information content (AvgIpc) is 3.64. The van der Waals surface area contributed by atoms with Crippen molar-refractivity contribution >= 4 is 18.5 Å². The summed E-state index contributed by atoms with van der Waals surface area (Å²) < 4.78 is 34.4. The van der Waals surface area contributed by atoms with Crippen molar-refractivity contribution in [1.82, 2.24) is 15.1 Å². The smallest absolute Gasteiger partial charge is 0.311 e. The maximum atomic E-state index is 14.2. The van der Waals surface area contributed by atoms with Crippen LogP contribution in [0.1, 0.15) is 47.1 Å². The van der Waals surface area contributed by atoms with E-state index in [0.29, 0.717) is 35.1 Å². The third-order valence-corrected chi connectivity index (χ3v) is 7.33. The van der Waals surface area contributed by atoms with Crippen LogP contribution in [0.15, 0.2) is 77.2 Å². The highest BCUT2D eigenvalue weighted by molar-refractivity contribution is 7.81. The average molecular weight is 560 g/mol. The van der Waals surface area contributed by atoms with Crippen molar-refractivity contribution in [3.05, 3.63) is 95.4 Å². The predicted octanol–water partition coefficient (Wildman–Crippen LogP) is 5.82. The molecule has 1 aromatic heterocycles. The van der Waals surface area contributed by atoms with Crippen LogP contribution in [0.4, 0.5) is 8.78 Å². The fourth-order valence-electron chi connectivity index (χ4n) is 5.07. The van der Waals surface area contributed by atoms with Crippen LogP contribution in [-0.2, 0) is 12.0 Å². The van der Waals surface area contributed by atoms with E-state index in [2.05, 4.69) is 28.9 Å². The topological polar surface area (TPSA) is 109 Å². The van der Waals surface area contributed by atoms with Crippen molar-refractivity contribution in [2.45, 2.75) is 43.0 Å². The van der Waals surface area contributed by atoms with E-state index in [-0.39, 0.29) is 30.3 Å². The van der Waals surface area contributed by atoms with E-state index in [1.54, 1.807) is 43.3 Å². The number of carbonyl (C=O) groups excluding carboxylic acids is 1. The van der Waals surface area contributed by atoms with Gasteiger partial charge in [-0.25, -0.2) is 0 Å². The molecular formula is C30H27F2N5O2S. The number of aromatic nitrogens is 2. The summed E-state index contributed by atoms with van der Waals surface area (Å²) in [6, 6.07) is 22.3. The Kier molecular flexibility index (Phi) is 7.45. The van der Waals surface area contributed by atoms with E-state index in [9.17, 15) is 18.8 Å². The first-order chi connectivity index (χ1) is 19.1. The van der Waals surface area contributed by atoms with E-state index in [1.807, 2.05) is 30.3 Å². The summed E-state index contributed by atoms with van der Waals surface area (Å²) in [5.41, 5.74) is 8.64. The summed E-state index contributed by atoms with van der Waals surface area (Å²) in [5, 5.41) is 14.7. The van der Waals surface area contributed by atoms with Gasteiger partial charge < -0.3 is 15.1 Å². The van der Waals surface area contributed by atoms with Crippen molar-refractivity contribution in [3.8, 4) is 28.7 Å². The number of benzene rings is 3. The molecule has 10 heteroatoms. The Hall–Kier alpha value is -4.07. The van der Waals surface area contributed by atoms with Gasteiger partial charge in [-0.2, -0.15) is 14.0 Å². The molecular weight excluding hydrogens is 532 g/mol. The second kappa shape index (κ2) is 10.8. The van der Waals surface area contributed by atoms with Crippen molar-refractivity contribution < 1.29 is 18.0 Å². The summed E-state index contributed by atoms with van der Waals surface area (Å²) in [5.74, 6) is -0.250. The minimum Gasteiger partial charge on any atom is -0.419 e. The number of nitrogens with two attached hydrogens (primary N) is 1. The van der Waals surface area contributed by atoms with Gasteiger partial charge in [-0.15, -0.1) is 22.8 Å². The van der Waals surface area contributed by atoms with E-state index in [4.69, 9.17) is 10.2 Å². The van der Waals surface area contributed by atoms with Crippen molar-refractivity contribution in [2.75, 3.05) is 6.54 Å². The van der Waals surface area contributed by atoms with Gasteiger partial charge in [0.25, 0.3) is 5.91 Å². The second-order valence-electron chi connectivity index (χ2n) is 10.2. The Morgan fingerprint density at radius 1 is 1.12 bits per heavy atom. The second-order valence-corrected chi connectivity index (χ2v) is 10.8. The van der Waals surface area contributed by atoms with Gasteiger partial charge in [0.05, 0.1) is 17.2 Å². The lowest BCUT2D eigenvalue weighted by Gasteiger charge is -2.28. The fraction of sp³-hybridized carbons (Fsp3) is 0.267. The Bertz CT molecular complexity index is 1580. The zero-order valence-corrected chi connectivity index (χ0v) is 22.6. The standard InChI is InChI=1S/C30H27F2N5O2S/c1-29(34,17-19-8-3-2-4-9-19)28-36-35-26(39-28)22-14-21(24-11-6-5-10-20(24)18-33)15-23(16-22)27(38)37-13-7-12-25(37)30(31,32)40/h2-6,8-11,14-16,25,40H,7,12-13,17,34H2,1H3. The monoisotopic (exact) mass is 559 g/mol. The normalized spacial score (nSPS) is 16.9. The molecule has 0 aliphatic carbocycles. The number of halogens is 2.